The number of carbonyl (C=O) groups is 1. The Labute approximate surface area is 143 Å². The zero-order valence-electron chi connectivity index (χ0n) is 13.3. The fraction of sp³-hybridized carbons (Fsp3) is 0.188. The van der Waals surface area contributed by atoms with Gasteiger partial charge in [-0.05, 0) is 43.3 Å². The highest BCUT2D eigenvalue weighted by Gasteiger charge is 2.13. The molecule has 0 bridgehead atoms. The average Bonchev–Trinajstić information content (AvgIpc) is 3.23. The van der Waals surface area contributed by atoms with Crippen LogP contribution in [0, 0.1) is 6.92 Å². The number of rotatable bonds is 6. The third-order valence-electron chi connectivity index (χ3n) is 3.29. The molecule has 0 saturated carbocycles. The van der Waals surface area contributed by atoms with Crippen LogP contribution in [0.2, 0.25) is 0 Å². The molecule has 0 aliphatic heterocycles. The molecular formula is C16H17N5O2S. The van der Waals surface area contributed by atoms with Crippen molar-refractivity contribution in [2.45, 2.75) is 12.1 Å². The number of ether oxygens (including phenoxy) is 1. The lowest BCUT2D eigenvalue weighted by Gasteiger charge is -2.09. The fourth-order valence-electron chi connectivity index (χ4n) is 2.15. The van der Waals surface area contributed by atoms with E-state index >= 15 is 0 Å². The summed E-state index contributed by atoms with van der Waals surface area (Å²) in [5.74, 6) is 1.64. The highest BCUT2D eigenvalue weighted by atomic mass is 32.2. The van der Waals surface area contributed by atoms with Gasteiger partial charge in [0.15, 0.2) is 5.82 Å². The maximum absolute atomic E-state index is 12.1. The molecule has 2 aromatic heterocycles. The minimum atomic E-state index is -0.107. The fourth-order valence-corrected chi connectivity index (χ4v) is 2.93. The van der Waals surface area contributed by atoms with Crippen molar-refractivity contribution in [1.29, 1.82) is 0 Å². The number of hydrogen-bond donors (Lipinski definition) is 1. The number of hydrogen-bond acceptors (Lipinski definition) is 5. The predicted molar refractivity (Wildman–Crippen MR) is 92.3 cm³/mol. The lowest BCUT2D eigenvalue weighted by molar-refractivity contribution is -0.113. The molecule has 0 atom stereocenters. The summed E-state index contributed by atoms with van der Waals surface area (Å²) in [7, 11) is 1.60. The van der Waals surface area contributed by atoms with Crippen molar-refractivity contribution >= 4 is 23.4 Å². The van der Waals surface area contributed by atoms with Crippen molar-refractivity contribution in [3.05, 3.63) is 54.6 Å². The Morgan fingerprint density at radius 1 is 1.21 bits per heavy atom. The standard InChI is InChI=1S/C16H17N5O2S/c1-12-18-19-16(21(12)20-9-3-4-10-20)24-11-15(22)17-13-5-7-14(23-2)8-6-13/h3-10H,11H2,1-2H3,(H,17,22). The summed E-state index contributed by atoms with van der Waals surface area (Å²) in [5.41, 5.74) is 0.726. The quantitative estimate of drug-likeness (QED) is 0.696. The van der Waals surface area contributed by atoms with E-state index in [9.17, 15) is 4.79 Å². The number of amides is 1. The SMILES string of the molecule is COc1ccc(NC(=O)CSc2nnc(C)n2-n2cccc2)cc1. The number of methoxy groups -OCH3 is 1. The number of anilines is 1. The highest BCUT2D eigenvalue weighted by Crippen LogP contribution is 2.19. The molecule has 0 aliphatic carbocycles. The first-order chi connectivity index (χ1) is 11.7. The molecular weight excluding hydrogens is 326 g/mol. The molecule has 0 fully saturated rings. The summed E-state index contributed by atoms with van der Waals surface area (Å²) < 4.78 is 8.82. The number of thioether (sulfide) groups is 1. The van der Waals surface area contributed by atoms with Crippen molar-refractivity contribution in [3.8, 4) is 5.75 Å². The van der Waals surface area contributed by atoms with Gasteiger partial charge in [-0.1, -0.05) is 11.8 Å². The second kappa shape index (κ2) is 7.22. The normalized spacial score (nSPS) is 10.6. The van der Waals surface area contributed by atoms with Crippen molar-refractivity contribution in [1.82, 2.24) is 19.5 Å². The number of benzene rings is 1. The number of aromatic nitrogens is 4. The first-order valence-electron chi connectivity index (χ1n) is 7.30. The molecule has 1 aromatic carbocycles. The molecule has 2 heterocycles. The Bertz CT molecular complexity index is 812. The van der Waals surface area contributed by atoms with Gasteiger partial charge in [0.25, 0.3) is 0 Å². The molecule has 0 radical (unpaired) electrons. The van der Waals surface area contributed by atoms with Gasteiger partial charge in [0, 0.05) is 18.1 Å². The van der Waals surface area contributed by atoms with E-state index in [1.807, 2.05) is 40.8 Å². The monoisotopic (exact) mass is 343 g/mol. The molecule has 3 aromatic rings. The topological polar surface area (TPSA) is 74.0 Å². The summed E-state index contributed by atoms with van der Waals surface area (Å²) in [6.07, 6.45) is 3.80. The Morgan fingerprint density at radius 2 is 1.92 bits per heavy atom. The second-order valence-corrected chi connectivity index (χ2v) is 5.91. The van der Waals surface area contributed by atoms with Crippen LogP contribution in [0.25, 0.3) is 0 Å². The molecule has 0 aliphatic rings. The van der Waals surface area contributed by atoms with Gasteiger partial charge >= 0.3 is 0 Å². The number of aryl methyl sites for hydroxylation is 1. The van der Waals surface area contributed by atoms with Crippen LogP contribution in [0.3, 0.4) is 0 Å². The van der Waals surface area contributed by atoms with Crippen LogP contribution in [-0.2, 0) is 4.79 Å². The first-order valence-corrected chi connectivity index (χ1v) is 8.28. The van der Waals surface area contributed by atoms with E-state index in [1.165, 1.54) is 11.8 Å². The molecule has 0 spiro atoms. The highest BCUT2D eigenvalue weighted by molar-refractivity contribution is 7.99. The van der Waals surface area contributed by atoms with Crippen molar-refractivity contribution in [2.24, 2.45) is 0 Å². The summed E-state index contributed by atoms with van der Waals surface area (Å²) in [5, 5.41) is 11.7. The molecule has 0 unspecified atom stereocenters. The van der Waals surface area contributed by atoms with E-state index in [0.717, 1.165) is 17.3 Å². The van der Waals surface area contributed by atoms with E-state index in [1.54, 1.807) is 31.4 Å². The Hall–Kier alpha value is -2.74. The van der Waals surface area contributed by atoms with Gasteiger partial charge in [-0.2, -0.15) is 0 Å². The summed E-state index contributed by atoms with van der Waals surface area (Å²) in [6.45, 7) is 1.87. The summed E-state index contributed by atoms with van der Waals surface area (Å²) in [6, 6.07) is 11.0. The number of nitrogens with one attached hydrogen (secondary N) is 1. The Morgan fingerprint density at radius 3 is 2.58 bits per heavy atom. The van der Waals surface area contributed by atoms with Crippen LogP contribution in [0.4, 0.5) is 5.69 Å². The number of nitrogens with zero attached hydrogens (tertiary/aromatic N) is 4. The lowest BCUT2D eigenvalue weighted by atomic mass is 10.3. The van der Waals surface area contributed by atoms with Crippen LogP contribution in [0.1, 0.15) is 5.82 Å². The Balaban J connectivity index is 1.62. The van der Waals surface area contributed by atoms with Crippen LogP contribution in [-0.4, -0.2) is 38.3 Å². The molecule has 0 saturated heterocycles. The third-order valence-corrected chi connectivity index (χ3v) is 4.21. The first kappa shape index (κ1) is 16.1. The van der Waals surface area contributed by atoms with Crippen LogP contribution >= 0.6 is 11.8 Å². The molecule has 7 nitrogen and oxygen atoms in total. The van der Waals surface area contributed by atoms with Gasteiger partial charge in [-0.15, -0.1) is 10.2 Å². The van der Waals surface area contributed by atoms with Crippen LogP contribution in [0.5, 0.6) is 5.75 Å². The van der Waals surface area contributed by atoms with E-state index < -0.39 is 0 Å². The molecule has 124 valence electrons. The third kappa shape index (κ3) is 3.60. The van der Waals surface area contributed by atoms with E-state index in [2.05, 4.69) is 15.5 Å². The lowest BCUT2D eigenvalue weighted by Crippen LogP contribution is -2.15. The predicted octanol–water partition coefficient (Wildman–Crippen LogP) is 2.44. The smallest absolute Gasteiger partial charge is 0.234 e. The van der Waals surface area contributed by atoms with Crippen molar-refractivity contribution in [3.63, 3.8) is 0 Å². The summed E-state index contributed by atoms with van der Waals surface area (Å²) >= 11 is 1.33. The minimum Gasteiger partial charge on any atom is -0.497 e. The van der Waals surface area contributed by atoms with Gasteiger partial charge in [-0.3, -0.25) is 9.47 Å². The van der Waals surface area contributed by atoms with Crippen molar-refractivity contribution < 1.29 is 9.53 Å². The largest absolute Gasteiger partial charge is 0.497 e. The van der Waals surface area contributed by atoms with Gasteiger partial charge in [0.2, 0.25) is 11.1 Å². The Kier molecular flexibility index (Phi) is 4.85. The van der Waals surface area contributed by atoms with Gasteiger partial charge in [0.1, 0.15) is 5.75 Å². The summed E-state index contributed by atoms with van der Waals surface area (Å²) in [4.78, 5) is 12.1. The van der Waals surface area contributed by atoms with Gasteiger partial charge in [-0.25, -0.2) is 4.68 Å². The average molecular weight is 343 g/mol. The molecule has 1 amide bonds. The van der Waals surface area contributed by atoms with Gasteiger partial charge < -0.3 is 10.1 Å². The van der Waals surface area contributed by atoms with Gasteiger partial charge in [0.05, 0.1) is 12.9 Å². The number of carbonyl (C=O) groups excluding carboxylic acids is 1. The minimum absolute atomic E-state index is 0.107. The molecule has 8 heteroatoms. The molecule has 1 N–H and O–H groups in total. The molecule has 24 heavy (non-hydrogen) atoms. The maximum atomic E-state index is 12.1. The van der Waals surface area contributed by atoms with Crippen molar-refractivity contribution in [2.75, 3.05) is 18.2 Å². The maximum Gasteiger partial charge on any atom is 0.234 e. The van der Waals surface area contributed by atoms with E-state index in [0.29, 0.717) is 5.16 Å². The zero-order valence-corrected chi connectivity index (χ0v) is 14.2. The molecule has 3 rings (SSSR count). The van der Waals surface area contributed by atoms with Crippen LogP contribution in [0.15, 0.2) is 53.9 Å². The van der Waals surface area contributed by atoms with Crippen LogP contribution < -0.4 is 10.1 Å². The van der Waals surface area contributed by atoms with E-state index in [-0.39, 0.29) is 11.7 Å². The zero-order chi connectivity index (χ0) is 16.9. The second-order valence-electron chi connectivity index (χ2n) is 4.97. The van der Waals surface area contributed by atoms with E-state index in [4.69, 9.17) is 4.74 Å².